The zero-order valence-corrected chi connectivity index (χ0v) is 24.8. The average molecular weight is 608 g/mol. The van der Waals surface area contributed by atoms with Gasteiger partial charge in [-0.2, -0.15) is 0 Å². The molecule has 0 aliphatic carbocycles. The smallest absolute Gasteiger partial charge is 0.261 e. The summed E-state index contributed by atoms with van der Waals surface area (Å²) in [5.74, 6) is 0.225. The lowest BCUT2D eigenvalue weighted by molar-refractivity contribution is 0.0955. The minimum Gasteiger partial charge on any atom is -0.493 e. The van der Waals surface area contributed by atoms with Gasteiger partial charge in [-0.05, 0) is 73.5 Å². The quantitative estimate of drug-likeness (QED) is 0.201. The van der Waals surface area contributed by atoms with E-state index in [0.29, 0.717) is 24.5 Å². The molecule has 0 atom stereocenters. The molecule has 4 aromatic carbocycles. The van der Waals surface area contributed by atoms with Crippen molar-refractivity contribution in [3.05, 3.63) is 112 Å². The summed E-state index contributed by atoms with van der Waals surface area (Å²) in [4.78, 5) is 26.3. The van der Waals surface area contributed by atoms with Gasteiger partial charge in [0.05, 0.1) is 41.0 Å². The summed E-state index contributed by atoms with van der Waals surface area (Å²) in [6.45, 7) is 2.20. The second kappa shape index (κ2) is 13.4. The van der Waals surface area contributed by atoms with Crippen molar-refractivity contribution in [3.63, 3.8) is 0 Å². The van der Waals surface area contributed by atoms with Crippen LogP contribution in [0.4, 0.5) is 11.4 Å². The van der Waals surface area contributed by atoms with Gasteiger partial charge in [0.1, 0.15) is 0 Å². The molecule has 0 saturated carbocycles. The number of carbonyl (C=O) groups is 2. The number of hydrogen-bond donors (Lipinski definition) is 3. The minimum absolute atomic E-state index is 0.0319. The van der Waals surface area contributed by atoms with Crippen LogP contribution in [0, 0.1) is 6.92 Å². The summed E-state index contributed by atoms with van der Waals surface area (Å²) in [6, 6.07) is 22.7. The van der Waals surface area contributed by atoms with E-state index in [4.69, 9.17) is 21.1 Å². The van der Waals surface area contributed by atoms with Crippen LogP contribution in [0.5, 0.6) is 11.5 Å². The van der Waals surface area contributed by atoms with Crippen molar-refractivity contribution in [3.8, 4) is 11.5 Å². The van der Waals surface area contributed by atoms with E-state index in [0.717, 1.165) is 11.1 Å². The first-order valence-corrected chi connectivity index (χ1v) is 14.8. The topological polar surface area (TPSA) is 123 Å². The lowest BCUT2D eigenvalue weighted by Gasteiger charge is -2.14. The minimum atomic E-state index is -3.89. The summed E-state index contributed by atoms with van der Waals surface area (Å²) in [7, 11) is -0.770. The molecule has 218 valence electrons. The Labute approximate surface area is 249 Å². The molecule has 9 nitrogen and oxygen atoms in total. The highest BCUT2D eigenvalue weighted by Gasteiger charge is 2.19. The second-order valence-electron chi connectivity index (χ2n) is 9.31. The Bertz CT molecular complexity index is 1710. The van der Waals surface area contributed by atoms with Gasteiger partial charge in [0.2, 0.25) is 0 Å². The van der Waals surface area contributed by atoms with Gasteiger partial charge >= 0.3 is 0 Å². The third kappa shape index (κ3) is 7.39. The molecule has 4 aromatic rings. The molecule has 0 fully saturated rings. The first-order valence-electron chi connectivity index (χ1n) is 12.9. The molecule has 0 aliphatic rings. The van der Waals surface area contributed by atoms with Crippen LogP contribution in [0.1, 0.15) is 31.8 Å². The molecule has 0 spiro atoms. The van der Waals surface area contributed by atoms with Crippen molar-refractivity contribution in [1.82, 2.24) is 5.32 Å². The Morgan fingerprint density at radius 2 is 1.52 bits per heavy atom. The molecule has 0 bridgehead atoms. The molecule has 0 unspecified atom stereocenters. The van der Waals surface area contributed by atoms with Crippen molar-refractivity contribution in [2.24, 2.45) is 0 Å². The summed E-state index contributed by atoms with van der Waals surface area (Å²) >= 11 is 6.30. The highest BCUT2D eigenvalue weighted by Crippen LogP contribution is 2.28. The molecule has 42 heavy (non-hydrogen) atoms. The first kappa shape index (κ1) is 30.4. The Hall–Kier alpha value is -4.54. The molecule has 0 aromatic heterocycles. The fourth-order valence-electron chi connectivity index (χ4n) is 4.13. The molecule has 2 amide bonds. The van der Waals surface area contributed by atoms with Crippen LogP contribution < -0.4 is 24.8 Å². The molecule has 0 aliphatic heterocycles. The van der Waals surface area contributed by atoms with Gasteiger partial charge in [0, 0.05) is 12.2 Å². The molecule has 0 heterocycles. The van der Waals surface area contributed by atoms with Crippen molar-refractivity contribution >= 4 is 44.8 Å². The van der Waals surface area contributed by atoms with Crippen LogP contribution in [0.3, 0.4) is 0 Å². The Kier molecular flexibility index (Phi) is 9.72. The molecule has 11 heteroatoms. The van der Waals surface area contributed by atoms with E-state index < -0.39 is 15.9 Å². The number of carbonyl (C=O) groups excluding carboxylic acids is 2. The predicted octanol–water partition coefficient (Wildman–Crippen LogP) is 5.69. The van der Waals surface area contributed by atoms with Crippen molar-refractivity contribution < 1.29 is 27.5 Å². The summed E-state index contributed by atoms with van der Waals surface area (Å²) in [5.41, 5.74) is 2.59. The highest BCUT2D eigenvalue weighted by atomic mass is 35.5. The van der Waals surface area contributed by atoms with Crippen molar-refractivity contribution in [1.29, 1.82) is 0 Å². The largest absolute Gasteiger partial charge is 0.493 e. The number of anilines is 2. The summed E-state index contributed by atoms with van der Waals surface area (Å²) in [6.07, 6.45) is 0.543. The fourth-order valence-corrected chi connectivity index (χ4v) is 5.38. The standard InChI is InChI=1S/C31H30ClN3O6S/c1-20-8-12-23(13-9-20)42(38,39)35-22-11-14-26(32)25(19-22)31(37)34-27-7-5-4-6-24(27)30(36)33-17-16-21-10-15-28(40-2)29(18-21)41-3/h4-15,18-19,35H,16-17H2,1-3H3,(H,33,36)(H,34,37). The molecule has 0 radical (unpaired) electrons. The Morgan fingerprint density at radius 1 is 0.810 bits per heavy atom. The van der Waals surface area contributed by atoms with Gasteiger partial charge in [-0.3, -0.25) is 14.3 Å². The normalized spacial score (nSPS) is 11.0. The van der Waals surface area contributed by atoms with Crippen molar-refractivity contribution in [2.45, 2.75) is 18.2 Å². The number of halogens is 1. The third-order valence-electron chi connectivity index (χ3n) is 6.36. The number of para-hydroxylation sites is 1. The van der Waals surface area contributed by atoms with Crippen LogP contribution >= 0.6 is 11.6 Å². The van der Waals surface area contributed by atoms with Gasteiger partial charge < -0.3 is 20.1 Å². The number of nitrogens with one attached hydrogen (secondary N) is 3. The van der Waals surface area contributed by atoms with E-state index in [1.54, 1.807) is 56.7 Å². The van der Waals surface area contributed by atoms with Gasteiger partial charge in [0.15, 0.2) is 11.5 Å². The number of aryl methyl sites for hydroxylation is 1. The number of ether oxygens (including phenoxy) is 2. The maximum Gasteiger partial charge on any atom is 0.261 e. The van der Waals surface area contributed by atoms with Gasteiger partial charge in [-0.15, -0.1) is 0 Å². The van der Waals surface area contributed by atoms with Crippen LogP contribution in [0.25, 0.3) is 0 Å². The fraction of sp³-hybridized carbons (Fsp3) is 0.161. The average Bonchev–Trinajstić information content (AvgIpc) is 2.98. The molecule has 3 N–H and O–H groups in total. The van der Waals surface area contributed by atoms with E-state index in [9.17, 15) is 18.0 Å². The Balaban J connectivity index is 1.45. The number of hydrogen-bond acceptors (Lipinski definition) is 6. The van der Waals surface area contributed by atoms with E-state index in [1.807, 2.05) is 19.1 Å². The maximum absolute atomic E-state index is 13.2. The second-order valence-corrected chi connectivity index (χ2v) is 11.4. The first-order chi connectivity index (χ1) is 20.1. The van der Waals surface area contributed by atoms with E-state index in [2.05, 4.69) is 15.4 Å². The third-order valence-corrected chi connectivity index (χ3v) is 8.09. The van der Waals surface area contributed by atoms with Crippen LogP contribution in [0.15, 0.2) is 89.8 Å². The molecule has 0 saturated heterocycles. The maximum atomic E-state index is 13.2. The van der Waals surface area contributed by atoms with E-state index in [-0.39, 0.29) is 38.3 Å². The highest BCUT2D eigenvalue weighted by molar-refractivity contribution is 7.92. The van der Waals surface area contributed by atoms with E-state index >= 15 is 0 Å². The predicted molar refractivity (Wildman–Crippen MR) is 163 cm³/mol. The van der Waals surface area contributed by atoms with Gasteiger partial charge in [-0.25, -0.2) is 8.42 Å². The number of benzene rings is 4. The number of rotatable bonds is 11. The summed E-state index contributed by atoms with van der Waals surface area (Å²) < 4.78 is 38.7. The SMILES string of the molecule is COc1ccc(CCNC(=O)c2ccccc2NC(=O)c2cc(NS(=O)(=O)c3ccc(C)cc3)ccc2Cl)cc1OC. The molecule has 4 rings (SSSR count). The zero-order chi connectivity index (χ0) is 30.3. The summed E-state index contributed by atoms with van der Waals surface area (Å²) in [5, 5.41) is 5.70. The number of amides is 2. The lowest BCUT2D eigenvalue weighted by Crippen LogP contribution is -2.27. The number of methoxy groups -OCH3 is 2. The van der Waals surface area contributed by atoms with Gasteiger partial charge in [-0.1, -0.05) is 47.5 Å². The lowest BCUT2D eigenvalue weighted by atomic mass is 10.1. The Morgan fingerprint density at radius 3 is 2.24 bits per heavy atom. The van der Waals surface area contributed by atoms with Crippen LogP contribution in [0.2, 0.25) is 5.02 Å². The van der Waals surface area contributed by atoms with E-state index in [1.165, 1.54) is 30.3 Å². The molecular formula is C31H30ClN3O6S. The van der Waals surface area contributed by atoms with Crippen LogP contribution in [-0.2, 0) is 16.4 Å². The van der Waals surface area contributed by atoms with Gasteiger partial charge in [0.25, 0.3) is 21.8 Å². The monoisotopic (exact) mass is 607 g/mol. The molecular weight excluding hydrogens is 578 g/mol. The number of sulfonamides is 1. The van der Waals surface area contributed by atoms with Crippen molar-refractivity contribution in [2.75, 3.05) is 30.8 Å². The van der Waals surface area contributed by atoms with Crippen LogP contribution in [-0.4, -0.2) is 41.0 Å². The zero-order valence-electron chi connectivity index (χ0n) is 23.2.